The van der Waals surface area contributed by atoms with Crippen LogP contribution in [0.4, 0.5) is 0 Å². The summed E-state index contributed by atoms with van der Waals surface area (Å²) >= 11 is 0. The summed E-state index contributed by atoms with van der Waals surface area (Å²) in [4.78, 5) is 0. The van der Waals surface area contributed by atoms with Gasteiger partial charge in [-0.25, -0.2) is 0 Å². The van der Waals surface area contributed by atoms with E-state index in [0.717, 1.165) is 12.0 Å². The molecule has 0 radical (unpaired) electrons. The van der Waals surface area contributed by atoms with Gasteiger partial charge in [0, 0.05) is 12.6 Å². The summed E-state index contributed by atoms with van der Waals surface area (Å²) in [6, 6.07) is 0.837. The lowest BCUT2D eigenvalue weighted by Gasteiger charge is -2.33. The number of rotatable bonds is 6. The van der Waals surface area contributed by atoms with E-state index in [1.165, 1.54) is 51.5 Å². The third kappa shape index (κ3) is 3.08. The molecule has 3 rings (SSSR count). The summed E-state index contributed by atoms with van der Waals surface area (Å²) in [7, 11) is 0. The van der Waals surface area contributed by atoms with Gasteiger partial charge in [-0.2, -0.15) is 0 Å². The summed E-state index contributed by atoms with van der Waals surface area (Å²) in [5.41, 5.74) is 0.604. The molecule has 1 N–H and O–H groups in total. The van der Waals surface area contributed by atoms with Crippen LogP contribution in [-0.4, -0.2) is 24.3 Å². The first-order valence-corrected chi connectivity index (χ1v) is 7.88. The van der Waals surface area contributed by atoms with Gasteiger partial charge < -0.3 is 10.1 Å². The molecule has 1 heterocycles. The molecule has 0 amide bonds. The van der Waals surface area contributed by atoms with Crippen molar-refractivity contribution in [2.24, 2.45) is 11.3 Å². The average molecular weight is 251 g/mol. The lowest BCUT2D eigenvalue weighted by Crippen LogP contribution is -2.38. The van der Waals surface area contributed by atoms with Crippen LogP contribution >= 0.6 is 0 Å². The molecular formula is C16H29NO. The first kappa shape index (κ1) is 12.9. The smallest absolute Gasteiger partial charge is 0.0631 e. The summed E-state index contributed by atoms with van der Waals surface area (Å²) in [5, 5.41) is 3.76. The van der Waals surface area contributed by atoms with E-state index in [1.54, 1.807) is 0 Å². The van der Waals surface area contributed by atoms with E-state index in [2.05, 4.69) is 26.1 Å². The fourth-order valence-electron chi connectivity index (χ4n) is 3.57. The quantitative estimate of drug-likeness (QED) is 0.780. The maximum atomic E-state index is 6.22. The molecule has 0 aromatic rings. The van der Waals surface area contributed by atoms with Gasteiger partial charge in [-0.15, -0.1) is 0 Å². The van der Waals surface area contributed by atoms with E-state index in [-0.39, 0.29) is 5.60 Å². The molecular weight excluding hydrogens is 222 g/mol. The molecule has 3 fully saturated rings. The van der Waals surface area contributed by atoms with E-state index in [1.807, 2.05) is 0 Å². The fourth-order valence-corrected chi connectivity index (χ4v) is 3.57. The van der Waals surface area contributed by atoms with E-state index in [0.29, 0.717) is 11.5 Å². The molecule has 0 aromatic carbocycles. The van der Waals surface area contributed by atoms with Gasteiger partial charge in [0.15, 0.2) is 0 Å². The summed E-state index contributed by atoms with van der Waals surface area (Å²) < 4.78 is 6.22. The second-order valence-electron chi connectivity index (χ2n) is 7.83. The second kappa shape index (κ2) is 4.49. The zero-order chi connectivity index (χ0) is 12.8. The van der Waals surface area contributed by atoms with Crippen LogP contribution in [0.5, 0.6) is 0 Å². The zero-order valence-electron chi connectivity index (χ0n) is 12.3. The van der Waals surface area contributed by atoms with Crippen molar-refractivity contribution in [2.75, 3.05) is 6.54 Å². The van der Waals surface area contributed by atoms with Crippen molar-refractivity contribution in [3.63, 3.8) is 0 Å². The van der Waals surface area contributed by atoms with E-state index in [4.69, 9.17) is 4.74 Å². The topological polar surface area (TPSA) is 21.3 Å². The highest BCUT2D eigenvalue weighted by Crippen LogP contribution is 2.50. The molecule has 0 bridgehead atoms. The minimum absolute atomic E-state index is 0.124. The maximum absolute atomic E-state index is 6.22. The van der Waals surface area contributed by atoms with Gasteiger partial charge in [0.1, 0.15) is 0 Å². The maximum Gasteiger partial charge on any atom is 0.0631 e. The van der Waals surface area contributed by atoms with Crippen LogP contribution in [0.15, 0.2) is 0 Å². The first-order valence-electron chi connectivity index (χ1n) is 7.88. The van der Waals surface area contributed by atoms with Crippen LogP contribution in [0.3, 0.4) is 0 Å². The van der Waals surface area contributed by atoms with Crippen LogP contribution in [0, 0.1) is 11.3 Å². The SMILES string of the molecule is CC1(C)CCC(CC(C)(CNC2CC2)C2CC2)O1. The standard InChI is InChI=1S/C16H29NO/c1-15(2)9-8-14(18-15)10-16(3,12-4-5-12)11-17-13-6-7-13/h12-14,17H,4-11H2,1-3H3. The van der Waals surface area contributed by atoms with Crippen molar-refractivity contribution in [1.29, 1.82) is 0 Å². The molecule has 0 spiro atoms. The molecule has 2 atom stereocenters. The van der Waals surface area contributed by atoms with Crippen molar-refractivity contribution < 1.29 is 4.74 Å². The summed E-state index contributed by atoms with van der Waals surface area (Å²) in [6.45, 7) is 8.19. The first-order chi connectivity index (χ1) is 8.47. The normalized spacial score (nSPS) is 34.5. The number of hydrogen-bond donors (Lipinski definition) is 1. The Labute approximate surface area is 112 Å². The van der Waals surface area contributed by atoms with Crippen LogP contribution < -0.4 is 5.32 Å². The van der Waals surface area contributed by atoms with Crippen molar-refractivity contribution in [3.05, 3.63) is 0 Å². The second-order valence-corrected chi connectivity index (χ2v) is 7.83. The highest BCUT2D eigenvalue weighted by Gasteiger charge is 2.45. The van der Waals surface area contributed by atoms with Crippen LogP contribution in [-0.2, 0) is 4.74 Å². The molecule has 1 saturated heterocycles. The number of ether oxygens (including phenoxy) is 1. The van der Waals surface area contributed by atoms with Crippen molar-refractivity contribution in [1.82, 2.24) is 5.32 Å². The monoisotopic (exact) mass is 251 g/mol. The average Bonchev–Trinajstić information content (AvgIpc) is 3.14. The Morgan fingerprint density at radius 3 is 2.39 bits per heavy atom. The highest BCUT2D eigenvalue weighted by molar-refractivity contribution is 4.97. The van der Waals surface area contributed by atoms with Crippen molar-refractivity contribution in [3.8, 4) is 0 Å². The summed E-state index contributed by atoms with van der Waals surface area (Å²) in [5.74, 6) is 0.955. The van der Waals surface area contributed by atoms with Crippen molar-refractivity contribution >= 4 is 0 Å². The van der Waals surface area contributed by atoms with Gasteiger partial charge in [-0.05, 0) is 70.1 Å². The Morgan fingerprint density at radius 1 is 1.17 bits per heavy atom. The van der Waals surface area contributed by atoms with E-state index >= 15 is 0 Å². The molecule has 2 unspecified atom stereocenters. The van der Waals surface area contributed by atoms with Gasteiger partial charge in [-0.1, -0.05) is 6.92 Å². The fraction of sp³-hybridized carbons (Fsp3) is 1.00. The molecule has 1 aliphatic heterocycles. The van der Waals surface area contributed by atoms with Crippen LogP contribution in [0.1, 0.15) is 65.7 Å². The highest BCUT2D eigenvalue weighted by atomic mass is 16.5. The largest absolute Gasteiger partial charge is 0.372 e. The Morgan fingerprint density at radius 2 is 1.89 bits per heavy atom. The third-order valence-electron chi connectivity index (χ3n) is 5.18. The lowest BCUT2D eigenvalue weighted by molar-refractivity contribution is -0.0364. The Kier molecular flexibility index (Phi) is 3.22. The number of hydrogen-bond acceptors (Lipinski definition) is 2. The molecule has 2 aliphatic carbocycles. The molecule has 2 nitrogen and oxygen atoms in total. The Bertz CT molecular complexity index is 306. The third-order valence-corrected chi connectivity index (χ3v) is 5.18. The Balaban J connectivity index is 1.55. The van der Waals surface area contributed by atoms with Crippen molar-refractivity contribution in [2.45, 2.75) is 83.5 Å². The Hall–Kier alpha value is -0.0800. The minimum Gasteiger partial charge on any atom is -0.372 e. The van der Waals surface area contributed by atoms with Gasteiger partial charge >= 0.3 is 0 Å². The number of nitrogens with one attached hydrogen (secondary N) is 1. The zero-order valence-corrected chi connectivity index (χ0v) is 12.3. The lowest BCUT2D eigenvalue weighted by atomic mass is 9.79. The van der Waals surface area contributed by atoms with Gasteiger partial charge in [0.05, 0.1) is 11.7 Å². The molecule has 3 aliphatic rings. The molecule has 2 heteroatoms. The predicted octanol–water partition coefficient (Wildman–Crippen LogP) is 3.50. The summed E-state index contributed by atoms with van der Waals surface area (Å²) in [6.07, 6.45) is 9.94. The minimum atomic E-state index is 0.124. The van der Waals surface area contributed by atoms with Crippen LogP contribution in [0.25, 0.3) is 0 Å². The van der Waals surface area contributed by atoms with Crippen LogP contribution in [0.2, 0.25) is 0 Å². The van der Waals surface area contributed by atoms with Gasteiger partial charge in [0.2, 0.25) is 0 Å². The molecule has 18 heavy (non-hydrogen) atoms. The molecule has 2 saturated carbocycles. The van der Waals surface area contributed by atoms with Gasteiger partial charge in [-0.3, -0.25) is 0 Å². The molecule has 0 aromatic heterocycles. The van der Waals surface area contributed by atoms with Gasteiger partial charge in [0.25, 0.3) is 0 Å². The predicted molar refractivity (Wildman–Crippen MR) is 74.7 cm³/mol. The molecule has 104 valence electrons. The van der Waals surface area contributed by atoms with E-state index in [9.17, 15) is 0 Å². The van der Waals surface area contributed by atoms with E-state index < -0.39 is 0 Å².